The van der Waals surface area contributed by atoms with E-state index in [-0.39, 0.29) is 11.8 Å². The summed E-state index contributed by atoms with van der Waals surface area (Å²) < 4.78 is 5.21. The fraction of sp³-hybridized carbons (Fsp3) is 0.143. The molecule has 1 atom stereocenters. The maximum Gasteiger partial charge on any atom is 0.324 e. The van der Waals surface area contributed by atoms with Crippen molar-refractivity contribution >= 4 is 24.0 Å². The monoisotopic (exact) mass is 402 g/mol. The number of aromatic amines is 1. The largest absolute Gasteiger partial charge is 0.508 e. The Morgan fingerprint density at radius 3 is 2.63 bits per heavy atom. The number of aromatic hydroxyl groups is 1. The molecule has 5 rings (SSSR count). The third-order valence-corrected chi connectivity index (χ3v) is 5.27. The van der Waals surface area contributed by atoms with Crippen LogP contribution in [0.3, 0.4) is 0 Å². The smallest absolute Gasteiger partial charge is 0.324 e. The summed E-state index contributed by atoms with van der Waals surface area (Å²) in [6.07, 6.45) is 2.95. The lowest BCUT2D eigenvalue weighted by Crippen LogP contribution is -2.45. The van der Waals surface area contributed by atoms with E-state index in [1.165, 1.54) is 12.7 Å². The molecule has 0 radical (unpaired) electrons. The first-order valence-corrected chi connectivity index (χ1v) is 9.28. The first-order chi connectivity index (χ1) is 14.6. The number of carbonyl (C=O) groups excluding carboxylic acids is 1. The number of hydrogen-bond donors (Lipinski definition) is 3. The van der Waals surface area contributed by atoms with Gasteiger partial charge in [0, 0.05) is 0 Å². The molecular weight excluding hydrogens is 384 g/mol. The van der Waals surface area contributed by atoms with Crippen LogP contribution in [0.1, 0.15) is 16.8 Å². The van der Waals surface area contributed by atoms with Crippen molar-refractivity contribution in [3.8, 4) is 11.5 Å². The molecule has 30 heavy (non-hydrogen) atoms. The minimum absolute atomic E-state index is 0.125. The highest BCUT2D eigenvalue weighted by molar-refractivity contribution is 6.15. The number of methoxy groups -OCH3 is 1. The second-order valence-corrected chi connectivity index (χ2v) is 6.96. The van der Waals surface area contributed by atoms with E-state index < -0.39 is 5.54 Å². The quantitative estimate of drug-likeness (QED) is 0.622. The van der Waals surface area contributed by atoms with E-state index >= 15 is 0 Å². The number of aliphatic imine (C=N–C) groups is 2. The number of hydrogen-bond acceptors (Lipinski definition) is 6. The van der Waals surface area contributed by atoms with Crippen LogP contribution in [0.4, 0.5) is 10.6 Å². The molecule has 3 N–H and O–H groups in total. The number of nitrogens with zero attached hydrogens (tertiary/aromatic N) is 4. The summed E-state index contributed by atoms with van der Waals surface area (Å²) in [6.45, 7) is 0.308. The number of phenols is 1. The number of nitrogens with one attached hydrogen (secondary N) is 2. The predicted octanol–water partition coefficient (Wildman–Crippen LogP) is 2.66. The zero-order chi connectivity index (χ0) is 20.7. The molecule has 2 aromatic carbocycles. The Hall–Kier alpha value is -4.14. The van der Waals surface area contributed by atoms with Gasteiger partial charge in [-0.3, -0.25) is 4.90 Å². The van der Waals surface area contributed by atoms with Crippen LogP contribution in [0.25, 0.3) is 0 Å². The predicted molar refractivity (Wildman–Crippen MR) is 110 cm³/mol. The molecule has 2 aliphatic heterocycles. The van der Waals surface area contributed by atoms with Crippen molar-refractivity contribution in [2.45, 2.75) is 12.1 Å². The molecule has 150 valence electrons. The highest BCUT2D eigenvalue weighted by atomic mass is 16.5. The summed E-state index contributed by atoms with van der Waals surface area (Å²) in [6, 6.07) is 13.8. The number of carbonyl (C=O) groups is 1. The van der Waals surface area contributed by atoms with Gasteiger partial charge >= 0.3 is 6.03 Å². The number of urea groups is 1. The van der Waals surface area contributed by atoms with E-state index in [4.69, 9.17) is 4.74 Å². The lowest BCUT2D eigenvalue weighted by molar-refractivity contribution is 0.225. The molecule has 3 aromatic rings. The van der Waals surface area contributed by atoms with Gasteiger partial charge in [0.25, 0.3) is 0 Å². The van der Waals surface area contributed by atoms with E-state index in [9.17, 15) is 9.90 Å². The number of phenolic OH excluding ortho intramolecular Hbond substituents is 1. The number of fused-ring (bicyclic) bond motifs is 3. The Morgan fingerprint density at radius 1 is 1.13 bits per heavy atom. The number of amides is 2. The summed E-state index contributed by atoms with van der Waals surface area (Å²) in [5.41, 5.74) is 1.02. The Balaban J connectivity index is 1.63. The number of ether oxygens (including phenoxy) is 1. The van der Waals surface area contributed by atoms with Gasteiger partial charge in [-0.25, -0.2) is 19.8 Å². The van der Waals surface area contributed by atoms with Gasteiger partial charge in [0.2, 0.25) is 0 Å². The highest BCUT2D eigenvalue weighted by Crippen LogP contribution is 2.41. The summed E-state index contributed by atoms with van der Waals surface area (Å²) in [7, 11) is 1.61. The molecule has 1 fully saturated rings. The molecule has 1 saturated heterocycles. The van der Waals surface area contributed by atoms with E-state index in [2.05, 4.69) is 25.3 Å². The molecule has 0 aliphatic carbocycles. The van der Waals surface area contributed by atoms with Crippen LogP contribution >= 0.6 is 0 Å². The molecule has 1 unspecified atom stereocenters. The van der Waals surface area contributed by atoms with Gasteiger partial charge < -0.3 is 20.1 Å². The van der Waals surface area contributed by atoms with Crippen LogP contribution in [0.5, 0.6) is 11.5 Å². The maximum absolute atomic E-state index is 13.1. The van der Waals surface area contributed by atoms with E-state index in [0.717, 1.165) is 11.3 Å². The zero-order valence-corrected chi connectivity index (χ0v) is 16.0. The van der Waals surface area contributed by atoms with Gasteiger partial charge in [-0.05, 0) is 35.4 Å². The van der Waals surface area contributed by atoms with Crippen molar-refractivity contribution in [2.24, 2.45) is 9.98 Å². The maximum atomic E-state index is 13.1. The standard InChI is InChI=1S/C21H18N6O3/c1-30-16-8-2-13(3-9-16)10-27-19-21(26-20(27)29,14-4-6-15(28)7-5-14)17-18(23-11-22-17)24-12-25-19/h2-9,11-12,28H,10H2,1H3,(H,22,23)(H,26,29). The molecular formula is C21H18N6O3. The number of imidazole rings is 1. The lowest BCUT2D eigenvalue weighted by atomic mass is 9.85. The average Bonchev–Trinajstić information content (AvgIpc) is 3.29. The molecule has 9 nitrogen and oxygen atoms in total. The number of aromatic nitrogens is 2. The highest BCUT2D eigenvalue weighted by Gasteiger charge is 2.54. The van der Waals surface area contributed by atoms with Gasteiger partial charge in [-0.1, -0.05) is 24.3 Å². The third-order valence-electron chi connectivity index (χ3n) is 5.27. The van der Waals surface area contributed by atoms with E-state index in [1.54, 1.807) is 36.3 Å². The Morgan fingerprint density at radius 2 is 1.90 bits per heavy atom. The van der Waals surface area contributed by atoms with Gasteiger partial charge in [-0.2, -0.15) is 0 Å². The van der Waals surface area contributed by atoms with Crippen LogP contribution in [-0.2, 0) is 12.1 Å². The Kier molecular flexibility index (Phi) is 4.02. The van der Waals surface area contributed by atoms with E-state index in [1.807, 2.05) is 24.3 Å². The zero-order valence-electron chi connectivity index (χ0n) is 16.0. The fourth-order valence-corrected chi connectivity index (χ4v) is 3.83. The van der Waals surface area contributed by atoms with Crippen LogP contribution in [-0.4, -0.2) is 45.3 Å². The second-order valence-electron chi connectivity index (χ2n) is 6.96. The number of benzene rings is 2. The van der Waals surface area contributed by atoms with Crippen LogP contribution in [0.2, 0.25) is 0 Å². The van der Waals surface area contributed by atoms with Crippen molar-refractivity contribution < 1.29 is 14.6 Å². The molecule has 9 heteroatoms. The van der Waals surface area contributed by atoms with Gasteiger partial charge in [0.15, 0.2) is 17.2 Å². The number of rotatable bonds is 4. The summed E-state index contributed by atoms with van der Waals surface area (Å²) >= 11 is 0. The summed E-state index contributed by atoms with van der Waals surface area (Å²) in [5, 5.41) is 12.8. The first kappa shape index (κ1) is 17.9. The lowest BCUT2D eigenvalue weighted by Gasteiger charge is -2.28. The fourth-order valence-electron chi connectivity index (χ4n) is 3.83. The first-order valence-electron chi connectivity index (χ1n) is 9.28. The van der Waals surface area contributed by atoms with Crippen molar-refractivity contribution in [3.05, 3.63) is 71.7 Å². The molecule has 0 bridgehead atoms. The number of amidine groups is 1. The SMILES string of the molecule is COc1ccc(CN2C(=O)NC3(c4ccc(O)cc4)C2=NC=Nc2[nH]cnc23)cc1. The Labute approximate surface area is 171 Å². The average molecular weight is 402 g/mol. The van der Waals surface area contributed by atoms with Gasteiger partial charge in [0.1, 0.15) is 23.5 Å². The molecule has 3 heterocycles. The summed E-state index contributed by atoms with van der Waals surface area (Å²) in [5.74, 6) is 1.83. The minimum Gasteiger partial charge on any atom is -0.508 e. The summed E-state index contributed by atoms with van der Waals surface area (Å²) in [4.78, 5) is 31.0. The number of H-pyrrole nitrogens is 1. The Bertz CT molecular complexity index is 1170. The van der Waals surface area contributed by atoms with Gasteiger partial charge in [0.05, 0.1) is 20.0 Å². The molecule has 2 aliphatic rings. The normalized spacial score (nSPS) is 19.6. The van der Waals surface area contributed by atoms with Crippen molar-refractivity contribution in [1.82, 2.24) is 20.2 Å². The molecule has 2 amide bonds. The van der Waals surface area contributed by atoms with Crippen LogP contribution in [0, 0.1) is 0 Å². The van der Waals surface area contributed by atoms with E-state index in [0.29, 0.717) is 29.5 Å². The van der Waals surface area contributed by atoms with Crippen LogP contribution in [0.15, 0.2) is 64.8 Å². The molecule has 0 spiro atoms. The topological polar surface area (TPSA) is 115 Å². The minimum atomic E-state index is -1.14. The van der Waals surface area contributed by atoms with Crippen molar-refractivity contribution in [2.75, 3.05) is 7.11 Å². The third kappa shape index (κ3) is 2.63. The molecule has 1 aromatic heterocycles. The van der Waals surface area contributed by atoms with Crippen molar-refractivity contribution in [1.29, 1.82) is 0 Å². The van der Waals surface area contributed by atoms with Gasteiger partial charge in [-0.15, -0.1) is 0 Å². The molecule has 0 saturated carbocycles. The second kappa shape index (κ2) is 6.73. The van der Waals surface area contributed by atoms with Crippen molar-refractivity contribution in [3.63, 3.8) is 0 Å². The van der Waals surface area contributed by atoms with Crippen LogP contribution < -0.4 is 10.1 Å².